The maximum absolute atomic E-state index is 14.7. The number of carboxylic acid groups (broad SMARTS) is 1. The molecule has 2 unspecified atom stereocenters. The summed E-state index contributed by atoms with van der Waals surface area (Å²) in [4.78, 5) is 41.5. The molecule has 0 radical (unpaired) electrons. The van der Waals surface area contributed by atoms with Crippen molar-refractivity contribution in [1.29, 1.82) is 0 Å². The highest BCUT2D eigenvalue weighted by Gasteiger charge is 2.70. The van der Waals surface area contributed by atoms with Crippen LogP contribution >= 0.6 is 0 Å². The van der Waals surface area contributed by atoms with Crippen molar-refractivity contribution in [3.63, 3.8) is 0 Å². The van der Waals surface area contributed by atoms with Crippen molar-refractivity contribution < 1.29 is 34.1 Å². The lowest BCUT2D eigenvalue weighted by Crippen LogP contribution is -2.66. The Kier molecular flexibility index (Phi) is 9.60. The molecular formula is C41H65NO7. The molecule has 0 spiro atoms. The lowest BCUT2D eigenvalue weighted by atomic mass is 9.33. The summed E-state index contributed by atoms with van der Waals surface area (Å²) in [5.41, 5.74) is -0.0742. The Balaban J connectivity index is 1.16. The molecule has 8 nitrogen and oxygen atoms in total. The number of nitrogens with zero attached hydrogens (tertiary/aromatic N) is 1. The van der Waals surface area contributed by atoms with Gasteiger partial charge in [0.1, 0.15) is 0 Å². The molecule has 5 fully saturated rings. The summed E-state index contributed by atoms with van der Waals surface area (Å²) in [6.45, 7) is 20.8. The zero-order valence-corrected chi connectivity index (χ0v) is 31.7. The van der Waals surface area contributed by atoms with E-state index in [1.807, 2.05) is 19.9 Å². The average molecular weight is 684 g/mol. The molecule has 6 rings (SSSR count). The van der Waals surface area contributed by atoms with Gasteiger partial charge in [0.25, 0.3) is 0 Å². The molecule has 2 N–H and O–H groups in total. The van der Waals surface area contributed by atoms with Crippen LogP contribution in [0.5, 0.6) is 0 Å². The minimum Gasteiger partial charge on any atom is -0.481 e. The molecule has 4 saturated carbocycles. The largest absolute Gasteiger partial charge is 0.481 e. The summed E-state index contributed by atoms with van der Waals surface area (Å²) in [6, 6.07) is 0. The van der Waals surface area contributed by atoms with Gasteiger partial charge in [-0.15, -0.1) is 0 Å². The smallest absolute Gasteiger partial charge is 0.309 e. The fraction of sp³-hybridized carbons (Fsp3) is 0.878. The number of aliphatic hydroxyl groups is 1. The van der Waals surface area contributed by atoms with Crippen LogP contribution in [-0.2, 0) is 23.9 Å². The number of carbonyl (C=O) groups is 3. The number of fused-ring (bicyclic) bond motifs is 7. The van der Waals surface area contributed by atoms with Crippen LogP contribution in [0, 0.1) is 56.2 Å². The molecule has 10 atom stereocenters. The number of allylic oxidation sites excluding steroid dienone is 2. The van der Waals surface area contributed by atoms with Gasteiger partial charge in [-0.3, -0.25) is 14.4 Å². The molecule has 0 aromatic carbocycles. The maximum atomic E-state index is 14.7. The second-order valence-electron chi connectivity index (χ2n) is 19.2. The van der Waals surface area contributed by atoms with Crippen LogP contribution in [-0.4, -0.2) is 77.9 Å². The van der Waals surface area contributed by atoms with E-state index < -0.39 is 17.5 Å². The number of esters is 1. The van der Waals surface area contributed by atoms with Gasteiger partial charge in [0.2, 0.25) is 0 Å². The second-order valence-corrected chi connectivity index (χ2v) is 19.2. The number of β-amino-alcohol motifs (C(OH)–C–C–N with tert-alkyl or cyclic N) is 1. The van der Waals surface area contributed by atoms with Gasteiger partial charge < -0.3 is 24.6 Å². The number of aliphatic hydroxyl groups excluding tert-OH is 1. The fourth-order valence-corrected chi connectivity index (χ4v) is 12.8. The molecule has 0 aromatic rings. The molecule has 49 heavy (non-hydrogen) atoms. The zero-order chi connectivity index (χ0) is 35.8. The summed E-state index contributed by atoms with van der Waals surface area (Å²) in [7, 11) is 0. The highest BCUT2D eigenvalue weighted by molar-refractivity contribution is 5.95. The van der Waals surface area contributed by atoms with Crippen LogP contribution in [0.2, 0.25) is 0 Å². The first-order chi connectivity index (χ1) is 22.8. The van der Waals surface area contributed by atoms with Crippen LogP contribution in [0.25, 0.3) is 0 Å². The van der Waals surface area contributed by atoms with E-state index in [1.165, 1.54) is 5.57 Å². The molecule has 1 saturated heterocycles. The Bertz CT molecular complexity index is 1350. The lowest BCUT2D eigenvalue weighted by Gasteiger charge is -2.70. The van der Waals surface area contributed by atoms with E-state index in [0.29, 0.717) is 31.9 Å². The number of aliphatic carboxylic acids is 1. The van der Waals surface area contributed by atoms with E-state index in [2.05, 4.69) is 46.4 Å². The monoisotopic (exact) mass is 683 g/mol. The van der Waals surface area contributed by atoms with Gasteiger partial charge in [0.05, 0.1) is 36.8 Å². The molecule has 0 bridgehead atoms. The third kappa shape index (κ3) is 5.86. The Hall–Kier alpha value is -1.77. The number of hydrogen-bond donors (Lipinski definition) is 2. The number of rotatable bonds is 8. The highest BCUT2D eigenvalue weighted by atomic mass is 16.5. The summed E-state index contributed by atoms with van der Waals surface area (Å²) in [6.07, 6.45) is 11.2. The van der Waals surface area contributed by atoms with Crippen molar-refractivity contribution in [2.45, 2.75) is 138 Å². The van der Waals surface area contributed by atoms with Gasteiger partial charge in [-0.1, -0.05) is 47.1 Å². The van der Waals surface area contributed by atoms with Gasteiger partial charge in [-0.2, -0.15) is 0 Å². The Morgan fingerprint density at radius 1 is 0.939 bits per heavy atom. The molecule has 1 heterocycles. The molecule has 1 aliphatic heterocycles. The molecule has 0 amide bonds. The maximum Gasteiger partial charge on any atom is 0.309 e. The topological polar surface area (TPSA) is 113 Å². The molecule has 8 heteroatoms. The van der Waals surface area contributed by atoms with E-state index in [4.69, 9.17) is 9.47 Å². The number of ketones is 1. The molecule has 6 aliphatic rings. The van der Waals surface area contributed by atoms with E-state index in [1.54, 1.807) is 0 Å². The Labute approximate surface area is 295 Å². The van der Waals surface area contributed by atoms with Crippen LogP contribution < -0.4 is 0 Å². The number of carboxylic acids is 1. The third-order valence-electron chi connectivity index (χ3n) is 16.2. The predicted octanol–water partition coefficient (Wildman–Crippen LogP) is 7.07. The average Bonchev–Trinajstić information content (AvgIpc) is 3.02. The molecule has 0 aromatic heterocycles. The minimum atomic E-state index is -0.745. The van der Waals surface area contributed by atoms with Gasteiger partial charge in [0.15, 0.2) is 5.78 Å². The van der Waals surface area contributed by atoms with E-state index in [9.17, 15) is 24.6 Å². The number of carbonyl (C=O) groups excluding carboxylic acids is 2. The van der Waals surface area contributed by atoms with E-state index in [-0.39, 0.29) is 69.3 Å². The molecule has 5 aliphatic carbocycles. The second kappa shape index (κ2) is 12.7. The minimum absolute atomic E-state index is 0.00540. The SMILES string of the molecule is CCOC(=O)C1CCN(CC(O)CO[C@H]2CC[C@@]3(C)C(CC[C@]4(C)[C@@H]3C(=O)C=C3[C@@H]5C[C@@](C)(C(=O)O)CC[C@]5(C)CC[C@]34C)C2(C)C)CC1. The molecular weight excluding hydrogens is 618 g/mol. The summed E-state index contributed by atoms with van der Waals surface area (Å²) >= 11 is 0. The van der Waals surface area contributed by atoms with Crippen LogP contribution in [0.1, 0.15) is 126 Å². The zero-order valence-electron chi connectivity index (χ0n) is 31.7. The third-order valence-corrected chi connectivity index (χ3v) is 16.2. The van der Waals surface area contributed by atoms with Crippen LogP contribution in [0.4, 0.5) is 0 Å². The first kappa shape index (κ1) is 37.0. The summed E-state index contributed by atoms with van der Waals surface area (Å²) < 4.78 is 11.8. The lowest BCUT2D eigenvalue weighted by molar-refractivity contribution is -0.212. The number of piperidine rings is 1. The summed E-state index contributed by atoms with van der Waals surface area (Å²) in [5, 5.41) is 21.2. The molecule has 276 valence electrons. The van der Waals surface area contributed by atoms with Crippen molar-refractivity contribution in [1.82, 2.24) is 4.90 Å². The fourth-order valence-electron chi connectivity index (χ4n) is 12.8. The number of likely N-dealkylation sites (tertiary alicyclic amines) is 1. The van der Waals surface area contributed by atoms with E-state index >= 15 is 0 Å². The van der Waals surface area contributed by atoms with Crippen molar-refractivity contribution in [2.24, 2.45) is 56.2 Å². The van der Waals surface area contributed by atoms with Gasteiger partial charge >= 0.3 is 11.9 Å². The first-order valence-electron chi connectivity index (χ1n) is 19.5. The van der Waals surface area contributed by atoms with Crippen LogP contribution in [0.3, 0.4) is 0 Å². The Morgan fingerprint density at radius 3 is 2.27 bits per heavy atom. The van der Waals surface area contributed by atoms with Crippen molar-refractivity contribution >= 4 is 17.7 Å². The van der Waals surface area contributed by atoms with Gasteiger partial charge in [-0.25, -0.2) is 0 Å². The predicted molar refractivity (Wildman–Crippen MR) is 189 cm³/mol. The van der Waals surface area contributed by atoms with E-state index in [0.717, 1.165) is 70.9 Å². The summed E-state index contributed by atoms with van der Waals surface area (Å²) in [5.74, 6) is -0.206. The van der Waals surface area contributed by atoms with Crippen molar-refractivity contribution in [3.05, 3.63) is 11.6 Å². The van der Waals surface area contributed by atoms with Crippen LogP contribution in [0.15, 0.2) is 11.6 Å². The Morgan fingerprint density at radius 2 is 1.61 bits per heavy atom. The van der Waals surface area contributed by atoms with Crippen molar-refractivity contribution in [2.75, 3.05) is 32.8 Å². The quantitative estimate of drug-likeness (QED) is 0.261. The number of ether oxygens (including phenoxy) is 2. The first-order valence-corrected chi connectivity index (χ1v) is 19.5. The normalized spacial score (nSPS) is 44.4. The number of hydrogen-bond acceptors (Lipinski definition) is 7. The van der Waals surface area contributed by atoms with Crippen molar-refractivity contribution in [3.8, 4) is 0 Å². The highest BCUT2D eigenvalue weighted by Crippen LogP contribution is 2.75. The van der Waals surface area contributed by atoms with Gasteiger partial charge in [0, 0.05) is 12.5 Å². The standard InChI is InChI=1S/C41H65NO7/c1-9-48-34(45)26-12-20-42(21-13-26)24-27(43)25-49-32-11-14-39(6)31(36(32,2)3)10-15-41(8)33(39)30(44)22-28-29-23-38(5,35(46)47)17-16-37(29,4)18-19-40(28,41)7/h22,26-27,29,31-33,43H,9-21,23-25H2,1-8H3,(H,46,47)/t27?,29-,31?,32-,33+,37+,38-,39-,40+,41+/m0/s1. The van der Waals surface area contributed by atoms with Gasteiger partial charge in [-0.05, 0) is 143 Å².